The summed E-state index contributed by atoms with van der Waals surface area (Å²) in [6.45, 7) is 0. The van der Waals surface area contributed by atoms with Crippen molar-refractivity contribution in [3.05, 3.63) is 46.6 Å². The highest BCUT2D eigenvalue weighted by Crippen LogP contribution is 2.33. The highest BCUT2D eigenvalue weighted by Gasteiger charge is 2.13. The Morgan fingerprint density at radius 2 is 2.06 bits per heavy atom. The number of rotatable bonds is 0. The van der Waals surface area contributed by atoms with Crippen molar-refractivity contribution in [2.75, 3.05) is 0 Å². The van der Waals surface area contributed by atoms with Crippen LogP contribution in [0, 0.1) is 0 Å². The summed E-state index contributed by atoms with van der Waals surface area (Å²) in [6.07, 6.45) is 1.97. The monoisotopic (exact) mass is 275 g/mol. The molecule has 4 rings (SSSR count). The van der Waals surface area contributed by atoms with Crippen molar-refractivity contribution < 1.29 is 0 Å². The smallest absolute Gasteiger partial charge is 0.143 e. The number of aromatic nitrogens is 3. The predicted molar refractivity (Wildman–Crippen MR) is 74.6 cm³/mol. The minimum absolute atomic E-state index is 0.611. The van der Waals surface area contributed by atoms with Crippen LogP contribution in [0.2, 0.25) is 10.0 Å². The molecule has 0 spiro atoms. The van der Waals surface area contributed by atoms with Gasteiger partial charge >= 0.3 is 0 Å². The van der Waals surface area contributed by atoms with Gasteiger partial charge in [-0.3, -0.25) is 4.40 Å². The molecule has 5 heteroatoms. The lowest BCUT2D eigenvalue weighted by Crippen LogP contribution is -1.83. The van der Waals surface area contributed by atoms with Crippen LogP contribution < -0.4 is 0 Å². The van der Waals surface area contributed by atoms with Gasteiger partial charge in [-0.15, -0.1) is 0 Å². The molecule has 0 bridgehead atoms. The molecule has 0 atom stereocenters. The fourth-order valence-corrected chi connectivity index (χ4v) is 2.85. The Bertz CT molecular complexity index is 905. The van der Waals surface area contributed by atoms with Crippen LogP contribution in [-0.4, -0.2) is 14.4 Å². The summed E-state index contributed by atoms with van der Waals surface area (Å²) in [5.74, 6) is 0. The van der Waals surface area contributed by atoms with Gasteiger partial charge in [-0.2, -0.15) is 0 Å². The van der Waals surface area contributed by atoms with Crippen LogP contribution in [-0.2, 0) is 0 Å². The zero-order valence-corrected chi connectivity index (χ0v) is 10.6. The van der Waals surface area contributed by atoms with E-state index in [2.05, 4.69) is 9.97 Å². The number of fused-ring (bicyclic) bond motifs is 5. The Balaban J connectivity index is 2.31. The summed E-state index contributed by atoms with van der Waals surface area (Å²) in [4.78, 5) is 7.91. The third-order valence-corrected chi connectivity index (χ3v) is 3.60. The molecule has 0 saturated carbocycles. The maximum atomic E-state index is 6.19. The van der Waals surface area contributed by atoms with Crippen molar-refractivity contribution >= 4 is 50.9 Å². The number of halogens is 2. The van der Waals surface area contributed by atoms with Crippen molar-refractivity contribution in [3.8, 4) is 0 Å². The Kier molecular flexibility index (Phi) is 1.93. The third kappa shape index (κ3) is 1.23. The first-order valence-corrected chi connectivity index (χ1v) is 6.23. The number of aromatic amines is 1. The van der Waals surface area contributed by atoms with Crippen molar-refractivity contribution in [2.45, 2.75) is 0 Å². The fourth-order valence-electron chi connectivity index (χ4n) is 2.31. The first-order valence-electron chi connectivity index (χ1n) is 5.47. The minimum Gasteiger partial charge on any atom is -0.338 e. The molecule has 1 aromatic carbocycles. The summed E-state index contributed by atoms with van der Waals surface area (Å²) in [5, 5.41) is 2.18. The molecular weight excluding hydrogens is 269 g/mol. The average molecular weight is 276 g/mol. The van der Waals surface area contributed by atoms with Crippen LogP contribution in [0.5, 0.6) is 0 Å². The second-order valence-electron chi connectivity index (χ2n) is 4.17. The van der Waals surface area contributed by atoms with E-state index in [1.54, 1.807) is 6.07 Å². The van der Waals surface area contributed by atoms with Gasteiger partial charge in [-0.05, 0) is 24.3 Å². The maximum Gasteiger partial charge on any atom is 0.143 e. The Labute approximate surface area is 112 Å². The van der Waals surface area contributed by atoms with Gasteiger partial charge < -0.3 is 4.98 Å². The lowest BCUT2D eigenvalue weighted by Gasteiger charge is -1.96. The van der Waals surface area contributed by atoms with Crippen LogP contribution in [0.1, 0.15) is 0 Å². The number of imidazole rings is 1. The number of hydrogen-bond acceptors (Lipinski definition) is 1. The van der Waals surface area contributed by atoms with E-state index in [0.29, 0.717) is 10.0 Å². The topological polar surface area (TPSA) is 33.1 Å². The molecule has 0 aliphatic rings. The quantitative estimate of drug-likeness (QED) is 0.511. The lowest BCUT2D eigenvalue weighted by molar-refractivity contribution is 1.20. The van der Waals surface area contributed by atoms with Crippen LogP contribution in [0.3, 0.4) is 0 Å². The molecule has 0 fully saturated rings. The van der Waals surface area contributed by atoms with Gasteiger partial charge in [0.05, 0.1) is 10.5 Å². The summed E-state index contributed by atoms with van der Waals surface area (Å²) < 4.78 is 2.00. The first-order chi connectivity index (χ1) is 8.74. The van der Waals surface area contributed by atoms with Crippen molar-refractivity contribution in [2.24, 2.45) is 0 Å². The first kappa shape index (κ1) is 10.2. The van der Waals surface area contributed by atoms with Gasteiger partial charge in [-0.25, -0.2) is 4.98 Å². The SMILES string of the molecule is Clc1cc(Cl)c2[nH]c3c(nc4ccccn43)c2c1. The molecule has 0 amide bonds. The van der Waals surface area contributed by atoms with Crippen LogP contribution in [0.4, 0.5) is 0 Å². The van der Waals surface area contributed by atoms with E-state index in [1.165, 1.54) is 0 Å². The molecular formula is C13H7Cl2N3. The zero-order chi connectivity index (χ0) is 12.3. The van der Waals surface area contributed by atoms with Gasteiger partial charge in [0.1, 0.15) is 16.8 Å². The molecule has 3 aromatic heterocycles. The number of benzene rings is 1. The predicted octanol–water partition coefficient (Wildman–Crippen LogP) is 4.28. The molecule has 3 nitrogen and oxygen atoms in total. The van der Waals surface area contributed by atoms with Gasteiger partial charge in [0, 0.05) is 16.6 Å². The standard InChI is InChI=1S/C13H7Cl2N3/c14-7-5-8-11(9(15)6-7)17-13-12(8)16-10-3-1-2-4-18(10)13/h1-6,17H. The molecule has 0 aliphatic carbocycles. The summed E-state index contributed by atoms with van der Waals surface area (Å²) >= 11 is 12.2. The fraction of sp³-hybridized carbons (Fsp3) is 0. The molecule has 0 aliphatic heterocycles. The van der Waals surface area contributed by atoms with E-state index in [9.17, 15) is 0 Å². The van der Waals surface area contributed by atoms with Gasteiger partial charge in [-0.1, -0.05) is 29.3 Å². The number of H-pyrrole nitrogens is 1. The molecule has 4 aromatic rings. The van der Waals surface area contributed by atoms with Crippen LogP contribution >= 0.6 is 23.2 Å². The van der Waals surface area contributed by atoms with Crippen molar-refractivity contribution in [1.29, 1.82) is 0 Å². The van der Waals surface area contributed by atoms with Crippen molar-refractivity contribution in [1.82, 2.24) is 14.4 Å². The molecule has 0 radical (unpaired) electrons. The maximum absolute atomic E-state index is 6.19. The number of pyridine rings is 1. The third-order valence-electron chi connectivity index (χ3n) is 3.08. The van der Waals surface area contributed by atoms with E-state index in [-0.39, 0.29) is 0 Å². The highest BCUT2D eigenvalue weighted by molar-refractivity contribution is 6.39. The normalized spacial score (nSPS) is 11.9. The summed E-state index contributed by atoms with van der Waals surface area (Å²) in [5.41, 5.74) is 3.60. The highest BCUT2D eigenvalue weighted by atomic mass is 35.5. The summed E-state index contributed by atoms with van der Waals surface area (Å²) in [6, 6.07) is 9.51. The molecule has 0 saturated heterocycles. The molecule has 18 heavy (non-hydrogen) atoms. The second kappa shape index (κ2) is 3.40. The molecule has 88 valence electrons. The van der Waals surface area contributed by atoms with Crippen LogP contribution in [0.25, 0.3) is 27.7 Å². The van der Waals surface area contributed by atoms with Gasteiger partial charge in [0.2, 0.25) is 0 Å². The second-order valence-corrected chi connectivity index (χ2v) is 5.02. The molecule has 1 N–H and O–H groups in total. The van der Waals surface area contributed by atoms with E-state index >= 15 is 0 Å². The Morgan fingerprint density at radius 3 is 2.94 bits per heavy atom. The van der Waals surface area contributed by atoms with E-state index in [0.717, 1.165) is 27.7 Å². The molecule has 3 heterocycles. The molecule has 0 unspecified atom stereocenters. The van der Waals surface area contributed by atoms with E-state index in [1.807, 2.05) is 34.9 Å². The number of nitrogens with one attached hydrogen (secondary N) is 1. The van der Waals surface area contributed by atoms with Gasteiger partial charge in [0.25, 0.3) is 0 Å². The van der Waals surface area contributed by atoms with E-state index < -0.39 is 0 Å². The average Bonchev–Trinajstić information content (AvgIpc) is 2.86. The number of hydrogen-bond donors (Lipinski definition) is 1. The largest absolute Gasteiger partial charge is 0.338 e. The van der Waals surface area contributed by atoms with Crippen molar-refractivity contribution in [3.63, 3.8) is 0 Å². The van der Waals surface area contributed by atoms with E-state index in [4.69, 9.17) is 23.2 Å². The lowest BCUT2D eigenvalue weighted by atomic mass is 10.2. The summed E-state index contributed by atoms with van der Waals surface area (Å²) in [7, 11) is 0. The van der Waals surface area contributed by atoms with Crippen LogP contribution in [0.15, 0.2) is 36.5 Å². The van der Waals surface area contributed by atoms with Gasteiger partial charge in [0.15, 0.2) is 0 Å². The minimum atomic E-state index is 0.611. The number of nitrogens with zero attached hydrogens (tertiary/aromatic N) is 2. The Hall–Kier alpha value is -1.71. The zero-order valence-electron chi connectivity index (χ0n) is 9.11. The Morgan fingerprint density at radius 1 is 1.17 bits per heavy atom.